The number of nitrogens with zero attached hydrogens (tertiary/aromatic N) is 3. The summed E-state index contributed by atoms with van der Waals surface area (Å²) in [6.45, 7) is 3.21. The molecule has 7 nitrogen and oxygen atoms in total. The summed E-state index contributed by atoms with van der Waals surface area (Å²) in [5.74, 6) is 0.555. The van der Waals surface area contributed by atoms with Gasteiger partial charge in [-0.25, -0.2) is 0 Å². The minimum atomic E-state index is -0.497. The predicted octanol–water partition coefficient (Wildman–Crippen LogP) is 1.02. The molecule has 0 amide bonds. The van der Waals surface area contributed by atoms with Crippen molar-refractivity contribution in [2.45, 2.75) is 6.92 Å². The summed E-state index contributed by atoms with van der Waals surface area (Å²) >= 11 is 0. The second-order valence-corrected chi connectivity index (χ2v) is 3.73. The van der Waals surface area contributed by atoms with Crippen molar-refractivity contribution in [1.82, 2.24) is 9.55 Å². The molecule has 1 N–H and O–H groups in total. The highest BCUT2D eigenvalue weighted by atomic mass is 16.6. The van der Waals surface area contributed by atoms with E-state index in [1.165, 1.54) is 6.33 Å². The maximum absolute atomic E-state index is 10.7. The van der Waals surface area contributed by atoms with E-state index >= 15 is 0 Å². The molecule has 0 spiro atoms. The van der Waals surface area contributed by atoms with E-state index in [9.17, 15) is 10.1 Å². The van der Waals surface area contributed by atoms with Crippen LogP contribution in [-0.4, -0.2) is 34.7 Å². The van der Waals surface area contributed by atoms with Crippen LogP contribution in [0.3, 0.4) is 0 Å². The Morgan fingerprint density at radius 2 is 2.44 bits per heavy atom. The molecule has 1 atom stereocenters. The van der Waals surface area contributed by atoms with E-state index < -0.39 is 4.92 Å². The highest BCUT2D eigenvalue weighted by molar-refractivity contribution is 5.51. The number of nitrogens with one attached hydrogen (secondary N) is 1. The lowest BCUT2D eigenvalue weighted by Crippen LogP contribution is -2.17. The average molecular weight is 228 g/mol. The molecule has 0 aliphatic carbocycles. The van der Waals surface area contributed by atoms with Gasteiger partial charge in [0, 0.05) is 20.7 Å². The molecule has 90 valence electrons. The highest BCUT2D eigenvalue weighted by Gasteiger charge is 2.19. The Morgan fingerprint density at radius 3 is 3.00 bits per heavy atom. The minimum absolute atomic E-state index is 0.146. The minimum Gasteiger partial charge on any atom is -0.384 e. The lowest BCUT2D eigenvalue weighted by Gasteiger charge is -2.11. The molecule has 7 heteroatoms. The first-order valence-corrected chi connectivity index (χ1v) is 4.94. The van der Waals surface area contributed by atoms with Crippen molar-refractivity contribution in [3.63, 3.8) is 0 Å². The van der Waals surface area contributed by atoms with E-state index in [2.05, 4.69) is 10.3 Å². The first-order chi connectivity index (χ1) is 7.56. The van der Waals surface area contributed by atoms with Gasteiger partial charge in [-0.15, -0.1) is 0 Å². The molecule has 0 aromatic carbocycles. The summed E-state index contributed by atoms with van der Waals surface area (Å²) in [4.78, 5) is 13.9. The summed E-state index contributed by atoms with van der Waals surface area (Å²) in [5.41, 5.74) is 0. The zero-order valence-corrected chi connectivity index (χ0v) is 9.64. The van der Waals surface area contributed by atoms with E-state index in [1.807, 2.05) is 6.92 Å². The fourth-order valence-electron chi connectivity index (χ4n) is 1.37. The first kappa shape index (κ1) is 12.4. The zero-order valence-electron chi connectivity index (χ0n) is 9.64. The van der Waals surface area contributed by atoms with Crippen LogP contribution < -0.4 is 5.32 Å². The molecule has 1 heterocycles. The Morgan fingerprint density at radius 1 is 1.75 bits per heavy atom. The number of anilines is 1. The Hall–Kier alpha value is -1.63. The van der Waals surface area contributed by atoms with Crippen molar-refractivity contribution in [1.29, 1.82) is 0 Å². The van der Waals surface area contributed by atoms with E-state index in [1.54, 1.807) is 18.7 Å². The monoisotopic (exact) mass is 228 g/mol. The maximum atomic E-state index is 10.7. The third-order valence-electron chi connectivity index (χ3n) is 2.16. The molecule has 1 unspecified atom stereocenters. The highest BCUT2D eigenvalue weighted by Crippen LogP contribution is 2.21. The maximum Gasteiger partial charge on any atom is 0.406 e. The number of aromatic nitrogens is 2. The smallest absolute Gasteiger partial charge is 0.384 e. The largest absolute Gasteiger partial charge is 0.406 e. The molecule has 0 radical (unpaired) electrons. The second-order valence-electron chi connectivity index (χ2n) is 3.73. The van der Waals surface area contributed by atoms with Gasteiger partial charge in [0.15, 0.2) is 0 Å². The fraction of sp³-hybridized carbons (Fsp3) is 0.667. The fourth-order valence-corrected chi connectivity index (χ4v) is 1.37. The molecule has 1 aromatic heterocycles. The Bertz CT molecular complexity index is 364. The molecule has 0 saturated carbocycles. The molecule has 0 fully saturated rings. The molecular formula is C9H16N4O3. The summed E-state index contributed by atoms with van der Waals surface area (Å²) in [5, 5.41) is 13.7. The van der Waals surface area contributed by atoms with Crippen LogP contribution >= 0.6 is 0 Å². The Kier molecular flexibility index (Phi) is 4.24. The van der Waals surface area contributed by atoms with Crippen LogP contribution in [0, 0.1) is 16.0 Å². The normalized spacial score (nSPS) is 12.4. The number of rotatable bonds is 6. The SMILES string of the molecule is COCC(C)CNc1c([N+](=O)[O-])ncn1C. The quantitative estimate of drug-likeness (QED) is 0.580. The number of hydrogen-bond donors (Lipinski definition) is 1. The summed E-state index contributed by atoms with van der Waals surface area (Å²) in [6.07, 6.45) is 1.42. The Balaban J connectivity index is 2.65. The number of methoxy groups -OCH3 is 1. The molecule has 16 heavy (non-hydrogen) atoms. The van der Waals surface area contributed by atoms with Gasteiger partial charge in [0.05, 0.1) is 6.61 Å². The van der Waals surface area contributed by atoms with Gasteiger partial charge < -0.3 is 20.2 Å². The van der Waals surface area contributed by atoms with Gasteiger partial charge in [-0.3, -0.25) is 4.57 Å². The standard InChI is InChI=1S/C9H16N4O3/c1-7(5-16-3)4-10-8-9(13(14)15)11-6-12(8)2/h6-7,10H,4-5H2,1-3H3. The van der Waals surface area contributed by atoms with Crippen LogP contribution in [0.25, 0.3) is 0 Å². The van der Waals surface area contributed by atoms with E-state index in [0.29, 0.717) is 19.0 Å². The van der Waals surface area contributed by atoms with Crippen molar-refractivity contribution < 1.29 is 9.66 Å². The summed E-state index contributed by atoms with van der Waals surface area (Å²) < 4.78 is 6.58. The van der Waals surface area contributed by atoms with Crippen LogP contribution in [-0.2, 0) is 11.8 Å². The second kappa shape index (κ2) is 5.45. The molecule has 1 aromatic rings. The van der Waals surface area contributed by atoms with E-state index in [4.69, 9.17) is 4.74 Å². The molecule has 0 aliphatic heterocycles. The van der Waals surface area contributed by atoms with Crippen molar-refractivity contribution in [3.8, 4) is 0 Å². The number of hydrogen-bond acceptors (Lipinski definition) is 5. The van der Waals surface area contributed by atoms with Gasteiger partial charge in [0.1, 0.15) is 0 Å². The van der Waals surface area contributed by atoms with Crippen molar-refractivity contribution in [2.75, 3.05) is 25.6 Å². The van der Waals surface area contributed by atoms with Crippen molar-refractivity contribution in [2.24, 2.45) is 13.0 Å². The molecular weight excluding hydrogens is 212 g/mol. The topological polar surface area (TPSA) is 82.2 Å². The van der Waals surface area contributed by atoms with Crippen LogP contribution in [0.1, 0.15) is 6.92 Å². The van der Waals surface area contributed by atoms with Gasteiger partial charge in [0.25, 0.3) is 0 Å². The van der Waals surface area contributed by atoms with Crippen LogP contribution in [0.5, 0.6) is 0 Å². The van der Waals surface area contributed by atoms with Crippen molar-refractivity contribution in [3.05, 3.63) is 16.4 Å². The number of aryl methyl sites for hydroxylation is 1. The Labute approximate surface area is 93.6 Å². The third-order valence-corrected chi connectivity index (χ3v) is 2.16. The lowest BCUT2D eigenvalue weighted by molar-refractivity contribution is -0.388. The molecule has 0 saturated heterocycles. The van der Waals surface area contributed by atoms with Gasteiger partial charge in [-0.05, 0) is 15.8 Å². The first-order valence-electron chi connectivity index (χ1n) is 4.94. The van der Waals surface area contributed by atoms with Gasteiger partial charge in [-0.1, -0.05) is 6.92 Å². The van der Waals surface area contributed by atoms with Gasteiger partial charge in [-0.2, -0.15) is 0 Å². The van der Waals surface area contributed by atoms with Gasteiger partial charge in [0.2, 0.25) is 12.1 Å². The number of imidazole rings is 1. The van der Waals surface area contributed by atoms with Crippen LogP contribution in [0.4, 0.5) is 11.6 Å². The third kappa shape index (κ3) is 2.93. The molecule has 0 aliphatic rings. The lowest BCUT2D eigenvalue weighted by atomic mass is 10.2. The van der Waals surface area contributed by atoms with E-state index in [-0.39, 0.29) is 11.7 Å². The number of nitro groups is 1. The van der Waals surface area contributed by atoms with Gasteiger partial charge >= 0.3 is 5.82 Å². The predicted molar refractivity (Wildman–Crippen MR) is 59.4 cm³/mol. The summed E-state index contributed by atoms with van der Waals surface area (Å²) in [6, 6.07) is 0. The summed E-state index contributed by atoms with van der Waals surface area (Å²) in [7, 11) is 3.34. The zero-order chi connectivity index (χ0) is 12.1. The van der Waals surface area contributed by atoms with Crippen molar-refractivity contribution >= 4 is 11.6 Å². The molecule has 0 bridgehead atoms. The molecule has 1 rings (SSSR count). The average Bonchev–Trinajstić information content (AvgIpc) is 2.57. The van der Waals surface area contributed by atoms with Crippen LogP contribution in [0.15, 0.2) is 6.33 Å². The van der Waals surface area contributed by atoms with E-state index in [0.717, 1.165) is 0 Å². The number of ether oxygens (including phenoxy) is 1. The van der Waals surface area contributed by atoms with Crippen LogP contribution in [0.2, 0.25) is 0 Å².